The van der Waals surface area contributed by atoms with Crippen molar-refractivity contribution in [3.8, 4) is 5.69 Å². The van der Waals surface area contributed by atoms with Crippen molar-refractivity contribution in [2.45, 2.75) is 45.1 Å². The third kappa shape index (κ3) is 2.88. The molecular formula is C18H23N3O2. The predicted octanol–water partition coefficient (Wildman–Crippen LogP) is 2.52. The number of amides is 1. The molecule has 0 atom stereocenters. The first kappa shape index (κ1) is 15.7. The Morgan fingerprint density at radius 2 is 1.91 bits per heavy atom. The van der Waals surface area contributed by atoms with Gasteiger partial charge in [-0.2, -0.15) is 0 Å². The monoisotopic (exact) mass is 313 g/mol. The summed E-state index contributed by atoms with van der Waals surface area (Å²) >= 11 is 0. The molecule has 5 nitrogen and oxygen atoms in total. The van der Waals surface area contributed by atoms with Crippen LogP contribution >= 0.6 is 0 Å². The third-order valence-electron chi connectivity index (χ3n) is 4.75. The Labute approximate surface area is 136 Å². The maximum Gasteiger partial charge on any atom is 0.272 e. The number of imidazole rings is 1. The van der Waals surface area contributed by atoms with E-state index in [1.807, 2.05) is 48.7 Å². The van der Waals surface area contributed by atoms with Crippen LogP contribution in [-0.2, 0) is 0 Å². The van der Waals surface area contributed by atoms with Crippen LogP contribution in [0.25, 0.3) is 5.69 Å². The van der Waals surface area contributed by atoms with Gasteiger partial charge in [0, 0.05) is 5.69 Å². The van der Waals surface area contributed by atoms with Gasteiger partial charge in [-0.3, -0.25) is 4.79 Å². The maximum atomic E-state index is 12.7. The predicted molar refractivity (Wildman–Crippen MR) is 88.8 cm³/mol. The van der Waals surface area contributed by atoms with Gasteiger partial charge in [-0.1, -0.05) is 31.0 Å². The third-order valence-corrected chi connectivity index (χ3v) is 4.75. The van der Waals surface area contributed by atoms with Gasteiger partial charge in [-0.05, 0) is 38.8 Å². The number of nitrogens with zero attached hydrogens (tertiary/aromatic N) is 2. The van der Waals surface area contributed by atoms with Crippen LogP contribution < -0.4 is 5.32 Å². The highest BCUT2D eigenvalue weighted by Crippen LogP contribution is 2.29. The van der Waals surface area contributed by atoms with Crippen molar-refractivity contribution in [3.05, 3.63) is 47.5 Å². The normalized spacial score (nSPS) is 16.5. The van der Waals surface area contributed by atoms with Gasteiger partial charge in [-0.15, -0.1) is 0 Å². The SMILES string of the molecule is Cc1nc(C(=O)NC2(CO)CCCC2)c(C)n1-c1ccccc1. The Kier molecular flexibility index (Phi) is 4.22. The lowest BCUT2D eigenvalue weighted by Gasteiger charge is -2.27. The second kappa shape index (κ2) is 6.16. The lowest BCUT2D eigenvalue weighted by molar-refractivity contribution is 0.0833. The molecule has 1 fully saturated rings. The van der Waals surface area contributed by atoms with Crippen LogP contribution in [0.4, 0.5) is 0 Å². The first-order valence-corrected chi connectivity index (χ1v) is 8.11. The molecule has 1 aliphatic rings. The van der Waals surface area contributed by atoms with E-state index in [2.05, 4.69) is 10.3 Å². The average molecular weight is 313 g/mol. The molecule has 0 bridgehead atoms. The van der Waals surface area contributed by atoms with Gasteiger partial charge in [0.25, 0.3) is 5.91 Å². The van der Waals surface area contributed by atoms with Crippen molar-refractivity contribution in [2.75, 3.05) is 6.61 Å². The number of aliphatic hydroxyl groups is 1. The van der Waals surface area contributed by atoms with Gasteiger partial charge in [0.1, 0.15) is 11.5 Å². The van der Waals surface area contributed by atoms with Crippen LogP contribution in [0.5, 0.6) is 0 Å². The van der Waals surface area contributed by atoms with E-state index in [1.165, 1.54) is 0 Å². The minimum Gasteiger partial charge on any atom is -0.394 e. The van der Waals surface area contributed by atoms with E-state index in [4.69, 9.17) is 0 Å². The minimum absolute atomic E-state index is 0.0177. The molecule has 3 rings (SSSR count). The van der Waals surface area contributed by atoms with Crippen LogP contribution in [0.3, 0.4) is 0 Å². The van der Waals surface area contributed by atoms with Crippen molar-refractivity contribution < 1.29 is 9.90 Å². The fourth-order valence-corrected chi connectivity index (χ4v) is 3.49. The van der Waals surface area contributed by atoms with Gasteiger partial charge in [0.15, 0.2) is 0 Å². The summed E-state index contributed by atoms with van der Waals surface area (Å²) in [7, 11) is 0. The van der Waals surface area contributed by atoms with Crippen LogP contribution in [0.15, 0.2) is 30.3 Å². The van der Waals surface area contributed by atoms with Crippen molar-refractivity contribution in [1.29, 1.82) is 0 Å². The molecule has 0 unspecified atom stereocenters. The van der Waals surface area contributed by atoms with E-state index in [9.17, 15) is 9.90 Å². The van der Waals surface area contributed by atoms with E-state index in [0.717, 1.165) is 42.9 Å². The second-order valence-corrected chi connectivity index (χ2v) is 6.36. The second-order valence-electron chi connectivity index (χ2n) is 6.36. The van der Waals surface area contributed by atoms with Gasteiger partial charge >= 0.3 is 0 Å². The van der Waals surface area contributed by atoms with Crippen LogP contribution in [0.2, 0.25) is 0 Å². The summed E-state index contributed by atoms with van der Waals surface area (Å²) in [5.41, 5.74) is 1.77. The Bertz CT molecular complexity index is 701. The van der Waals surface area contributed by atoms with E-state index < -0.39 is 5.54 Å². The van der Waals surface area contributed by atoms with E-state index in [-0.39, 0.29) is 12.5 Å². The maximum absolute atomic E-state index is 12.7. The first-order valence-electron chi connectivity index (χ1n) is 8.11. The molecule has 5 heteroatoms. The number of aromatic nitrogens is 2. The Morgan fingerprint density at radius 1 is 1.26 bits per heavy atom. The highest BCUT2D eigenvalue weighted by molar-refractivity contribution is 5.94. The molecule has 0 spiro atoms. The number of hydrogen-bond donors (Lipinski definition) is 2. The molecule has 23 heavy (non-hydrogen) atoms. The average Bonchev–Trinajstić information content (AvgIpc) is 3.13. The lowest BCUT2D eigenvalue weighted by atomic mass is 9.98. The topological polar surface area (TPSA) is 67.2 Å². The summed E-state index contributed by atoms with van der Waals surface area (Å²) in [6, 6.07) is 9.88. The van der Waals surface area contributed by atoms with E-state index >= 15 is 0 Å². The molecule has 1 aromatic heterocycles. The van der Waals surface area contributed by atoms with Crippen molar-refractivity contribution >= 4 is 5.91 Å². The summed E-state index contributed by atoms with van der Waals surface area (Å²) in [6.45, 7) is 3.78. The van der Waals surface area contributed by atoms with Crippen LogP contribution in [0, 0.1) is 13.8 Å². The highest BCUT2D eigenvalue weighted by Gasteiger charge is 2.35. The van der Waals surface area contributed by atoms with E-state index in [0.29, 0.717) is 5.69 Å². The number of rotatable bonds is 4. The standard InChI is InChI=1S/C18H23N3O2/c1-13-16(17(23)20-18(12-22)10-6-7-11-18)19-14(2)21(13)15-8-4-3-5-9-15/h3-5,8-9,22H,6-7,10-12H2,1-2H3,(H,20,23). The highest BCUT2D eigenvalue weighted by atomic mass is 16.3. The van der Waals surface area contributed by atoms with Gasteiger partial charge in [0.2, 0.25) is 0 Å². The smallest absolute Gasteiger partial charge is 0.272 e. The molecule has 2 aromatic rings. The van der Waals surface area contributed by atoms with Gasteiger partial charge in [0.05, 0.1) is 17.8 Å². The number of benzene rings is 1. The summed E-state index contributed by atoms with van der Waals surface area (Å²) < 4.78 is 1.98. The number of carbonyl (C=O) groups is 1. The number of aliphatic hydroxyl groups excluding tert-OH is 1. The number of nitrogens with one attached hydrogen (secondary N) is 1. The zero-order chi connectivity index (χ0) is 16.4. The molecule has 1 amide bonds. The molecule has 122 valence electrons. The lowest BCUT2D eigenvalue weighted by Crippen LogP contribution is -2.49. The van der Waals surface area contributed by atoms with E-state index in [1.54, 1.807) is 0 Å². The van der Waals surface area contributed by atoms with Gasteiger partial charge in [-0.25, -0.2) is 4.98 Å². The Morgan fingerprint density at radius 3 is 2.52 bits per heavy atom. The summed E-state index contributed by atoms with van der Waals surface area (Å²) in [5.74, 6) is 0.583. The summed E-state index contributed by atoms with van der Waals surface area (Å²) in [6.07, 6.45) is 3.73. The Balaban J connectivity index is 1.91. The molecule has 0 aliphatic heterocycles. The molecular weight excluding hydrogens is 290 g/mol. The first-order chi connectivity index (χ1) is 11.1. The fraction of sp³-hybridized carbons (Fsp3) is 0.444. The minimum atomic E-state index is -0.478. The largest absolute Gasteiger partial charge is 0.394 e. The Hall–Kier alpha value is -2.14. The quantitative estimate of drug-likeness (QED) is 0.911. The summed E-state index contributed by atoms with van der Waals surface area (Å²) in [5, 5.41) is 12.7. The van der Waals surface area contributed by atoms with Crippen molar-refractivity contribution in [1.82, 2.24) is 14.9 Å². The zero-order valence-corrected chi connectivity index (χ0v) is 13.7. The molecule has 1 aromatic carbocycles. The molecule has 1 heterocycles. The zero-order valence-electron chi connectivity index (χ0n) is 13.7. The van der Waals surface area contributed by atoms with Crippen LogP contribution in [-0.4, -0.2) is 32.7 Å². The number of para-hydroxylation sites is 1. The molecule has 0 saturated heterocycles. The molecule has 1 aliphatic carbocycles. The number of aryl methyl sites for hydroxylation is 1. The van der Waals surface area contributed by atoms with Crippen molar-refractivity contribution in [3.63, 3.8) is 0 Å². The van der Waals surface area contributed by atoms with Gasteiger partial charge < -0.3 is 15.0 Å². The fourth-order valence-electron chi connectivity index (χ4n) is 3.49. The molecule has 1 saturated carbocycles. The number of hydrogen-bond acceptors (Lipinski definition) is 3. The number of carbonyl (C=O) groups excluding carboxylic acids is 1. The van der Waals surface area contributed by atoms with Crippen LogP contribution in [0.1, 0.15) is 47.7 Å². The summed E-state index contributed by atoms with van der Waals surface area (Å²) in [4.78, 5) is 17.1. The molecule has 2 N–H and O–H groups in total. The molecule has 0 radical (unpaired) electrons. The van der Waals surface area contributed by atoms with Crippen molar-refractivity contribution in [2.24, 2.45) is 0 Å².